The molecule has 1 aromatic heterocycles. The zero-order valence-corrected chi connectivity index (χ0v) is 13.1. The molecule has 1 aromatic rings. The minimum Gasteiger partial charge on any atom is -0.598 e. The summed E-state index contributed by atoms with van der Waals surface area (Å²) in [4.78, 5) is 3.90. The van der Waals surface area contributed by atoms with E-state index in [4.69, 9.17) is 0 Å². The van der Waals surface area contributed by atoms with E-state index in [9.17, 15) is 8.94 Å². The molecular formula is C14H23FN2OS. The predicted molar refractivity (Wildman–Crippen MR) is 77.4 cm³/mol. The van der Waals surface area contributed by atoms with Crippen molar-refractivity contribution in [3.8, 4) is 0 Å². The van der Waals surface area contributed by atoms with Gasteiger partial charge in [0.05, 0.1) is 11.7 Å². The normalized spacial score (nSPS) is 15.6. The van der Waals surface area contributed by atoms with Crippen LogP contribution in [0.15, 0.2) is 18.2 Å². The predicted octanol–water partition coefficient (Wildman–Crippen LogP) is 3.36. The maximum absolute atomic E-state index is 13.2. The van der Waals surface area contributed by atoms with Crippen LogP contribution in [-0.4, -0.2) is 14.3 Å². The van der Waals surface area contributed by atoms with Crippen LogP contribution < -0.4 is 4.72 Å². The van der Waals surface area contributed by atoms with Gasteiger partial charge in [0, 0.05) is 11.4 Å². The number of hydrogen-bond acceptors (Lipinski definition) is 3. The van der Waals surface area contributed by atoms with Crippen LogP contribution in [0.4, 0.5) is 4.39 Å². The van der Waals surface area contributed by atoms with Crippen LogP contribution in [-0.2, 0) is 11.4 Å². The van der Waals surface area contributed by atoms with Crippen molar-refractivity contribution in [1.29, 1.82) is 0 Å². The maximum atomic E-state index is 13.2. The van der Waals surface area contributed by atoms with Crippen LogP contribution in [0.5, 0.6) is 0 Å². The highest BCUT2D eigenvalue weighted by Crippen LogP contribution is 2.24. The summed E-state index contributed by atoms with van der Waals surface area (Å²) in [6.07, 6.45) is 0.762. The van der Waals surface area contributed by atoms with E-state index in [1.165, 1.54) is 6.07 Å². The Labute approximate surface area is 118 Å². The highest BCUT2D eigenvalue weighted by Gasteiger charge is 2.30. The first-order valence-corrected chi connectivity index (χ1v) is 7.65. The zero-order valence-electron chi connectivity index (χ0n) is 12.2. The molecule has 108 valence electrons. The van der Waals surface area contributed by atoms with Crippen LogP contribution in [0.3, 0.4) is 0 Å². The summed E-state index contributed by atoms with van der Waals surface area (Å²) in [6.45, 7) is 9.87. The standard InChI is InChI=1S/C14H23FN2OS/c1-10(2)9-12(17-19(18)14(3,4)5)11-7-6-8-13(15)16-11/h6-8,10,12,17H,9H2,1-5H3/t12-,19+/m0/s1. The number of halogens is 1. The molecule has 0 saturated heterocycles. The molecule has 0 saturated carbocycles. The lowest BCUT2D eigenvalue weighted by molar-refractivity contribution is 0.449. The van der Waals surface area contributed by atoms with Gasteiger partial charge in [-0.25, -0.2) is 4.98 Å². The second kappa shape index (κ2) is 6.68. The SMILES string of the molecule is CC(C)C[C@H](N[S@+]([O-])C(C)(C)C)c1cccc(F)n1. The van der Waals surface area contributed by atoms with Crippen molar-refractivity contribution in [2.75, 3.05) is 0 Å². The largest absolute Gasteiger partial charge is 0.598 e. The third kappa shape index (κ3) is 5.47. The quantitative estimate of drug-likeness (QED) is 0.667. The average Bonchev–Trinajstić information content (AvgIpc) is 2.26. The zero-order chi connectivity index (χ0) is 14.6. The summed E-state index contributed by atoms with van der Waals surface area (Å²) in [6, 6.07) is 4.52. The molecule has 2 atom stereocenters. The molecule has 0 radical (unpaired) electrons. The van der Waals surface area contributed by atoms with Crippen molar-refractivity contribution >= 4 is 11.4 Å². The van der Waals surface area contributed by atoms with Crippen molar-refractivity contribution in [2.24, 2.45) is 5.92 Å². The van der Waals surface area contributed by atoms with E-state index in [2.05, 4.69) is 23.6 Å². The van der Waals surface area contributed by atoms with Gasteiger partial charge in [0.1, 0.15) is 4.75 Å². The van der Waals surface area contributed by atoms with Crippen molar-refractivity contribution in [3.63, 3.8) is 0 Å². The van der Waals surface area contributed by atoms with Gasteiger partial charge in [-0.1, -0.05) is 19.9 Å². The topological polar surface area (TPSA) is 48.0 Å². The summed E-state index contributed by atoms with van der Waals surface area (Å²) in [5.41, 5.74) is 0.603. The Hall–Kier alpha value is -0.650. The monoisotopic (exact) mass is 286 g/mol. The first kappa shape index (κ1) is 16.4. The fourth-order valence-electron chi connectivity index (χ4n) is 1.62. The second-order valence-electron chi connectivity index (χ2n) is 6.07. The first-order chi connectivity index (χ1) is 8.70. The van der Waals surface area contributed by atoms with E-state index in [0.717, 1.165) is 6.42 Å². The highest BCUT2D eigenvalue weighted by atomic mass is 32.2. The summed E-state index contributed by atoms with van der Waals surface area (Å²) in [5, 5.41) is 0. The third-order valence-corrected chi connectivity index (χ3v) is 4.22. The molecule has 1 rings (SSSR count). The Morgan fingerprint density at radius 2 is 2.00 bits per heavy atom. The van der Waals surface area contributed by atoms with Gasteiger partial charge in [0.25, 0.3) is 0 Å². The van der Waals surface area contributed by atoms with Gasteiger partial charge in [-0.05, 0) is 45.2 Å². The summed E-state index contributed by atoms with van der Waals surface area (Å²) >= 11 is -1.20. The Bertz CT molecular complexity index is 407. The van der Waals surface area contributed by atoms with Crippen LogP contribution >= 0.6 is 0 Å². The minimum atomic E-state index is -1.20. The molecular weight excluding hydrogens is 263 g/mol. The Morgan fingerprint density at radius 3 is 2.47 bits per heavy atom. The van der Waals surface area contributed by atoms with Gasteiger partial charge in [-0.2, -0.15) is 4.39 Å². The number of aromatic nitrogens is 1. The molecule has 19 heavy (non-hydrogen) atoms. The summed E-state index contributed by atoms with van der Waals surface area (Å²) < 4.78 is 28.1. The summed E-state index contributed by atoms with van der Waals surface area (Å²) in [5.74, 6) is -0.103. The van der Waals surface area contributed by atoms with Gasteiger partial charge in [-0.3, -0.25) is 0 Å². The molecule has 0 aliphatic heterocycles. The molecule has 1 heterocycles. The second-order valence-corrected chi connectivity index (χ2v) is 8.06. The number of nitrogens with one attached hydrogen (secondary N) is 1. The van der Waals surface area contributed by atoms with E-state index in [0.29, 0.717) is 11.6 Å². The molecule has 1 N–H and O–H groups in total. The van der Waals surface area contributed by atoms with Crippen molar-refractivity contribution in [2.45, 2.75) is 51.8 Å². The van der Waals surface area contributed by atoms with Gasteiger partial charge in [0.15, 0.2) is 0 Å². The first-order valence-electron chi connectivity index (χ1n) is 6.50. The van der Waals surface area contributed by atoms with Crippen LogP contribution in [0.25, 0.3) is 0 Å². The molecule has 0 spiro atoms. The van der Waals surface area contributed by atoms with Gasteiger partial charge < -0.3 is 4.55 Å². The lowest BCUT2D eigenvalue weighted by Crippen LogP contribution is -2.41. The van der Waals surface area contributed by atoms with Gasteiger partial charge >= 0.3 is 0 Å². The summed E-state index contributed by atoms with van der Waals surface area (Å²) in [7, 11) is 0. The molecule has 5 heteroatoms. The Morgan fingerprint density at radius 1 is 1.37 bits per heavy atom. The third-order valence-electron chi connectivity index (χ3n) is 2.61. The molecule has 0 fully saturated rings. The maximum Gasteiger partial charge on any atom is 0.213 e. The smallest absolute Gasteiger partial charge is 0.213 e. The lowest BCUT2D eigenvalue weighted by atomic mass is 10.0. The molecule has 0 amide bonds. The molecule has 0 aliphatic carbocycles. The molecule has 3 nitrogen and oxygen atoms in total. The van der Waals surface area contributed by atoms with E-state index in [1.807, 2.05) is 20.8 Å². The van der Waals surface area contributed by atoms with Crippen molar-refractivity contribution in [3.05, 3.63) is 29.8 Å². The number of rotatable bonds is 5. The molecule has 0 bridgehead atoms. The number of hydrogen-bond donors (Lipinski definition) is 1. The minimum absolute atomic E-state index is 0.198. The van der Waals surface area contributed by atoms with Gasteiger partial charge in [-0.15, -0.1) is 4.72 Å². The van der Waals surface area contributed by atoms with Crippen LogP contribution in [0, 0.1) is 11.9 Å². The highest BCUT2D eigenvalue weighted by molar-refractivity contribution is 7.90. The van der Waals surface area contributed by atoms with E-state index < -0.39 is 17.3 Å². The van der Waals surface area contributed by atoms with Crippen molar-refractivity contribution in [1.82, 2.24) is 9.71 Å². The van der Waals surface area contributed by atoms with Crippen LogP contribution in [0.2, 0.25) is 0 Å². The number of nitrogens with zero attached hydrogens (tertiary/aromatic N) is 1. The Balaban J connectivity index is 2.89. The fraction of sp³-hybridized carbons (Fsp3) is 0.643. The van der Waals surface area contributed by atoms with E-state index in [-0.39, 0.29) is 10.8 Å². The van der Waals surface area contributed by atoms with Gasteiger partial charge in [0.2, 0.25) is 5.95 Å². The Kier molecular flexibility index (Phi) is 5.77. The van der Waals surface area contributed by atoms with E-state index >= 15 is 0 Å². The van der Waals surface area contributed by atoms with Crippen LogP contribution in [0.1, 0.15) is 52.8 Å². The van der Waals surface area contributed by atoms with E-state index in [1.54, 1.807) is 12.1 Å². The average molecular weight is 286 g/mol. The molecule has 0 aromatic carbocycles. The molecule has 0 unspecified atom stereocenters. The number of pyridine rings is 1. The van der Waals surface area contributed by atoms with Crippen molar-refractivity contribution < 1.29 is 8.94 Å². The molecule has 0 aliphatic rings. The fourth-order valence-corrected chi connectivity index (χ4v) is 2.45. The lowest BCUT2D eigenvalue weighted by Gasteiger charge is -2.28.